The highest BCUT2D eigenvalue weighted by Gasteiger charge is 2.17. The predicted molar refractivity (Wildman–Crippen MR) is 78.3 cm³/mol. The SMILES string of the molecule is NC(=O)c1cc(NCCC(=O)N2CCCC2)c(F)cc1N. The van der Waals surface area contributed by atoms with Gasteiger partial charge >= 0.3 is 0 Å². The molecule has 21 heavy (non-hydrogen) atoms. The van der Waals surface area contributed by atoms with Crippen molar-refractivity contribution in [1.29, 1.82) is 0 Å². The van der Waals surface area contributed by atoms with Crippen LogP contribution in [0.2, 0.25) is 0 Å². The first kappa shape index (κ1) is 15.1. The van der Waals surface area contributed by atoms with Gasteiger partial charge in [-0.05, 0) is 25.0 Å². The van der Waals surface area contributed by atoms with Gasteiger partial charge in [-0.1, -0.05) is 0 Å². The standard InChI is InChI=1S/C14H19FN4O2/c15-10-8-11(16)9(14(17)21)7-12(10)18-4-3-13(20)19-5-1-2-6-19/h7-8,18H,1-6,16H2,(H2,17,21). The molecule has 7 heteroatoms. The molecule has 1 aromatic carbocycles. The number of hydrogen-bond acceptors (Lipinski definition) is 4. The lowest BCUT2D eigenvalue weighted by Crippen LogP contribution is -2.29. The molecule has 1 aliphatic heterocycles. The van der Waals surface area contributed by atoms with Gasteiger partial charge in [-0.15, -0.1) is 0 Å². The Morgan fingerprint density at radius 3 is 2.57 bits per heavy atom. The van der Waals surface area contributed by atoms with Crippen LogP contribution in [0.4, 0.5) is 15.8 Å². The molecule has 0 spiro atoms. The number of amides is 2. The van der Waals surface area contributed by atoms with Gasteiger partial charge in [-0.25, -0.2) is 4.39 Å². The predicted octanol–water partition coefficient (Wildman–Crippen LogP) is 0.931. The van der Waals surface area contributed by atoms with E-state index in [-0.39, 0.29) is 35.8 Å². The minimum Gasteiger partial charge on any atom is -0.398 e. The van der Waals surface area contributed by atoms with Crippen LogP contribution in [0.25, 0.3) is 0 Å². The minimum atomic E-state index is -0.719. The summed E-state index contributed by atoms with van der Waals surface area (Å²) in [6.07, 6.45) is 2.34. The van der Waals surface area contributed by atoms with Gasteiger partial charge in [0.15, 0.2) is 0 Å². The van der Waals surface area contributed by atoms with Gasteiger partial charge in [0.2, 0.25) is 5.91 Å². The summed E-state index contributed by atoms with van der Waals surface area (Å²) in [5, 5.41) is 2.80. The van der Waals surface area contributed by atoms with E-state index in [4.69, 9.17) is 11.5 Å². The van der Waals surface area contributed by atoms with Crippen molar-refractivity contribution in [3.63, 3.8) is 0 Å². The molecule has 1 aromatic rings. The summed E-state index contributed by atoms with van der Waals surface area (Å²) in [4.78, 5) is 24.8. The number of nitrogens with two attached hydrogens (primary N) is 2. The molecular weight excluding hydrogens is 275 g/mol. The van der Waals surface area contributed by atoms with Crippen LogP contribution in [0.15, 0.2) is 12.1 Å². The van der Waals surface area contributed by atoms with Gasteiger partial charge in [0.25, 0.3) is 5.91 Å². The largest absolute Gasteiger partial charge is 0.398 e. The fourth-order valence-electron chi connectivity index (χ4n) is 2.37. The first-order valence-corrected chi connectivity index (χ1v) is 6.89. The molecule has 1 saturated heterocycles. The average molecular weight is 294 g/mol. The lowest BCUT2D eigenvalue weighted by Gasteiger charge is -2.16. The van der Waals surface area contributed by atoms with Gasteiger partial charge in [-0.3, -0.25) is 9.59 Å². The Bertz CT molecular complexity index is 556. The molecule has 2 rings (SSSR count). The van der Waals surface area contributed by atoms with E-state index in [1.807, 2.05) is 0 Å². The number of carbonyl (C=O) groups excluding carboxylic acids is 2. The summed E-state index contributed by atoms with van der Waals surface area (Å²) < 4.78 is 13.7. The number of rotatable bonds is 5. The summed E-state index contributed by atoms with van der Waals surface area (Å²) in [7, 11) is 0. The molecule has 0 atom stereocenters. The molecule has 0 saturated carbocycles. The Morgan fingerprint density at radius 1 is 1.29 bits per heavy atom. The number of nitrogen functional groups attached to an aromatic ring is 1. The first-order valence-electron chi connectivity index (χ1n) is 6.89. The number of nitrogens with zero attached hydrogens (tertiary/aromatic N) is 1. The van der Waals surface area contributed by atoms with Crippen molar-refractivity contribution in [1.82, 2.24) is 4.90 Å². The topological polar surface area (TPSA) is 101 Å². The fourth-order valence-corrected chi connectivity index (χ4v) is 2.37. The van der Waals surface area contributed by atoms with Crippen LogP contribution in [0, 0.1) is 5.82 Å². The maximum absolute atomic E-state index is 13.7. The van der Waals surface area contributed by atoms with Crippen molar-refractivity contribution in [2.45, 2.75) is 19.3 Å². The van der Waals surface area contributed by atoms with Crippen LogP contribution < -0.4 is 16.8 Å². The highest BCUT2D eigenvalue weighted by Crippen LogP contribution is 2.22. The molecule has 0 unspecified atom stereocenters. The molecule has 0 radical (unpaired) electrons. The third-order valence-electron chi connectivity index (χ3n) is 3.52. The maximum Gasteiger partial charge on any atom is 0.250 e. The summed E-state index contributed by atoms with van der Waals surface area (Å²) >= 11 is 0. The van der Waals surface area contributed by atoms with Crippen molar-refractivity contribution in [2.75, 3.05) is 30.7 Å². The van der Waals surface area contributed by atoms with Crippen molar-refractivity contribution < 1.29 is 14.0 Å². The van der Waals surface area contributed by atoms with Crippen LogP contribution in [-0.2, 0) is 4.79 Å². The second-order valence-electron chi connectivity index (χ2n) is 5.05. The van der Waals surface area contributed by atoms with Crippen molar-refractivity contribution in [2.24, 2.45) is 5.73 Å². The molecule has 0 aromatic heterocycles. The number of nitrogens with one attached hydrogen (secondary N) is 1. The second kappa shape index (κ2) is 6.43. The molecule has 1 fully saturated rings. The molecular formula is C14H19FN4O2. The number of anilines is 2. The van der Waals surface area contributed by atoms with Crippen LogP contribution >= 0.6 is 0 Å². The molecule has 6 nitrogen and oxygen atoms in total. The Hall–Kier alpha value is -2.31. The Morgan fingerprint density at radius 2 is 1.95 bits per heavy atom. The first-order chi connectivity index (χ1) is 9.99. The fraction of sp³-hybridized carbons (Fsp3) is 0.429. The number of benzene rings is 1. The second-order valence-corrected chi connectivity index (χ2v) is 5.05. The van der Waals surface area contributed by atoms with E-state index < -0.39 is 11.7 Å². The van der Waals surface area contributed by atoms with Gasteiger partial charge in [0.05, 0.1) is 11.3 Å². The highest BCUT2D eigenvalue weighted by atomic mass is 19.1. The van der Waals surface area contributed by atoms with Gasteiger partial charge in [-0.2, -0.15) is 0 Å². The molecule has 2 amide bonds. The summed E-state index contributed by atoms with van der Waals surface area (Å²) in [5.74, 6) is -1.25. The van der Waals surface area contributed by atoms with Crippen molar-refractivity contribution >= 4 is 23.2 Å². The van der Waals surface area contributed by atoms with Crippen molar-refractivity contribution in [3.05, 3.63) is 23.5 Å². The van der Waals surface area contributed by atoms with E-state index in [2.05, 4.69) is 5.32 Å². The molecule has 1 aliphatic rings. The maximum atomic E-state index is 13.7. The van der Waals surface area contributed by atoms with Crippen LogP contribution in [0.3, 0.4) is 0 Å². The summed E-state index contributed by atoms with van der Waals surface area (Å²) in [6, 6.07) is 2.32. The van der Waals surface area contributed by atoms with Crippen LogP contribution in [-0.4, -0.2) is 36.3 Å². The lowest BCUT2D eigenvalue weighted by atomic mass is 10.1. The zero-order valence-corrected chi connectivity index (χ0v) is 11.7. The average Bonchev–Trinajstić information content (AvgIpc) is 2.94. The normalized spacial score (nSPS) is 14.2. The minimum absolute atomic E-state index is 0.00121. The molecule has 1 heterocycles. The molecule has 0 aliphatic carbocycles. The Kier molecular flexibility index (Phi) is 4.62. The molecule has 0 bridgehead atoms. The molecule has 114 valence electrons. The third-order valence-corrected chi connectivity index (χ3v) is 3.52. The quantitative estimate of drug-likeness (QED) is 0.703. The van der Waals surface area contributed by atoms with Crippen molar-refractivity contribution in [3.8, 4) is 0 Å². The summed E-state index contributed by atoms with van der Waals surface area (Å²) in [6.45, 7) is 1.87. The third kappa shape index (κ3) is 3.62. The lowest BCUT2D eigenvalue weighted by molar-refractivity contribution is -0.129. The van der Waals surface area contributed by atoms with E-state index >= 15 is 0 Å². The number of carbonyl (C=O) groups is 2. The van der Waals surface area contributed by atoms with Gasteiger partial charge in [0.1, 0.15) is 5.82 Å². The van der Waals surface area contributed by atoms with E-state index in [0.717, 1.165) is 32.0 Å². The molecule has 5 N–H and O–H groups in total. The van der Waals surface area contributed by atoms with E-state index in [9.17, 15) is 14.0 Å². The summed E-state index contributed by atoms with van der Waals surface area (Å²) in [5.41, 5.74) is 10.9. The smallest absolute Gasteiger partial charge is 0.250 e. The zero-order valence-electron chi connectivity index (χ0n) is 11.7. The van der Waals surface area contributed by atoms with Gasteiger partial charge in [0, 0.05) is 31.7 Å². The monoisotopic (exact) mass is 294 g/mol. The number of halogens is 1. The number of primary amides is 1. The number of hydrogen-bond donors (Lipinski definition) is 3. The number of likely N-dealkylation sites (tertiary alicyclic amines) is 1. The van der Waals surface area contributed by atoms with Crippen LogP contribution in [0.1, 0.15) is 29.6 Å². The van der Waals surface area contributed by atoms with E-state index in [1.165, 1.54) is 6.07 Å². The van der Waals surface area contributed by atoms with Gasteiger partial charge < -0.3 is 21.7 Å². The highest BCUT2D eigenvalue weighted by molar-refractivity contribution is 5.99. The zero-order chi connectivity index (χ0) is 15.4. The van der Waals surface area contributed by atoms with E-state index in [0.29, 0.717) is 0 Å². The Labute approximate surface area is 122 Å². The van der Waals surface area contributed by atoms with Crippen LogP contribution in [0.5, 0.6) is 0 Å². The van der Waals surface area contributed by atoms with E-state index in [1.54, 1.807) is 4.90 Å². The Balaban J connectivity index is 1.95.